The molecule has 122 valence electrons. The second-order valence-corrected chi connectivity index (χ2v) is 5.21. The number of amides is 1. The van der Waals surface area contributed by atoms with Crippen molar-refractivity contribution in [3.05, 3.63) is 0 Å². The molecule has 0 atom stereocenters. The van der Waals surface area contributed by atoms with Crippen LogP contribution in [0.1, 0.15) is 39.5 Å². The van der Waals surface area contributed by atoms with Gasteiger partial charge in [0, 0.05) is 39.8 Å². The van der Waals surface area contributed by atoms with Crippen LogP contribution in [0.25, 0.3) is 0 Å². The lowest BCUT2D eigenvalue weighted by Crippen LogP contribution is -2.54. The molecular weight excluding hydrogens is 268 g/mol. The molecule has 1 fully saturated rings. The molecular formula is C15H30N4O2. The molecule has 1 saturated heterocycles. The van der Waals surface area contributed by atoms with E-state index in [1.54, 1.807) is 4.90 Å². The SMILES string of the molecule is CCCCCCNC(=NC)N1CCN(C(=O)OCC)CC1. The average Bonchev–Trinajstić information content (AvgIpc) is 2.51. The molecule has 0 aromatic carbocycles. The topological polar surface area (TPSA) is 57.2 Å². The van der Waals surface area contributed by atoms with Crippen molar-refractivity contribution in [3.63, 3.8) is 0 Å². The van der Waals surface area contributed by atoms with Crippen molar-refractivity contribution < 1.29 is 9.53 Å². The van der Waals surface area contributed by atoms with E-state index in [-0.39, 0.29) is 6.09 Å². The second kappa shape index (κ2) is 10.3. The minimum Gasteiger partial charge on any atom is -0.450 e. The predicted molar refractivity (Wildman–Crippen MR) is 85.7 cm³/mol. The number of hydrogen-bond acceptors (Lipinski definition) is 3. The summed E-state index contributed by atoms with van der Waals surface area (Å²) in [6, 6.07) is 0. The molecule has 1 heterocycles. The van der Waals surface area contributed by atoms with Gasteiger partial charge in [-0.25, -0.2) is 4.79 Å². The van der Waals surface area contributed by atoms with Gasteiger partial charge in [-0.3, -0.25) is 4.99 Å². The lowest BCUT2D eigenvalue weighted by atomic mass is 10.2. The first-order chi connectivity index (χ1) is 10.2. The smallest absolute Gasteiger partial charge is 0.409 e. The normalized spacial score (nSPS) is 16.0. The Morgan fingerprint density at radius 2 is 1.76 bits per heavy atom. The van der Waals surface area contributed by atoms with Crippen molar-refractivity contribution in [1.82, 2.24) is 15.1 Å². The van der Waals surface area contributed by atoms with Crippen molar-refractivity contribution in [3.8, 4) is 0 Å². The zero-order valence-electron chi connectivity index (χ0n) is 13.7. The first-order valence-corrected chi connectivity index (χ1v) is 8.10. The number of unbranched alkanes of at least 4 members (excludes halogenated alkanes) is 3. The van der Waals surface area contributed by atoms with Gasteiger partial charge in [-0.05, 0) is 13.3 Å². The molecule has 0 aromatic rings. The Bertz CT molecular complexity index is 326. The highest BCUT2D eigenvalue weighted by atomic mass is 16.6. The fraction of sp³-hybridized carbons (Fsp3) is 0.867. The molecule has 0 aromatic heterocycles. The molecule has 6 nitrogen and oxygen atoms in total. The average molecular weight is 298 g/mol. The Balaban J connectivity index is 2.28. The summed E-state index contributed by atoms with van der Waals surface area (Å²) in [5.74, 6) is 0.940. The molecule has 0 saturated carbocycles. The van der Waals surface area contributed by atoms with E-state index >= 15 is 0 Å². The fourth-order valence-electron chi connectivity index (χ4n) is 2.40. The maximum absolute atomic E-state index is 11.7. The third kappa shape index (κ3) is 6.23. The summed E-state index contributed by atoms with van der Waals surface area (Å²) < 4.78 is 5.03. The molecule has 1 amide bonds. The summed E-state index contributed by atoms with van der Waals surface area (Å²) >= 11 is 0. The molecule has 6 heteroatoms. The fourth-order valence-corrected chi connectivity index (χ4v) is 2.40. The van der Waals surface area contributed by atoms with Crippen LogP contribution < -0.4 is 5.32 Å². The van der Waals surface area contributed by atoms with Gasteiger partial charge in [-0.2, -0.15) is 0 Å². The number of hydrogen-bond donors (Lipinski definition) is 1. The first kappa shape index (κ1) is 17.6. The Hall–Kier alpha value is -1.46. The lowest BCUT2D eigenvalue weighted by Gasteiger charge is -2.35. The number of aliphatic imine (C=N–C) groups is 1. The van der Waals surface area contributed by atoms with E-state index < -0.39 is 0 Å². The van der Waals surface area contributed by atoms with E-state index in [2.05, 4.69) is 22.1 Å². The van der Waals surface area contributed by atoms with Crippen molar-refractivity contribution in [2.45, 2.75) is 39.5 Å². The van der Waals surface area contributed by atoms with E-state index in [9.17, 15) is 4.79 Å². The van der Waals surface area contributed by atoms with Gasteiger partial charge in [-0.15, -0.1) is 0 Å². The molecule has 1 aliphatic heterocycles. The van der Waals surface area contributed by atoms with Crippen LogP contribution in [0.2, 0.25) is 0 Å². The molecule has 0 spiro atoms. The summed E-state index contributed by atoms with van der Waals surface area (Å²) in [5.41, 5.74) is 0. The first-order valence-electron chi connectivity index (χ1n) is 8.10. The van der Waals surface area contributed by atoms with Crippen LogP contribution in [-0.4, -0.2) is 68.2 Å². The number of guanidine groups is 1. The van der Waals surface area contributed by atoms with E-state index in [4.69, 9.17) is 4.74 Å². The zero-order chi connectivity index (χ0) is 15.5. The van der Waals surface area contributed by atoms with Crippen molar-refractivity contribution in [2.75, 3.05) is 46.4 Å². The van der Waals surface area contributed by atoms with Crippen LogP contribution in [0.3, 0.4) is 0 Å². The number of nitrogens with one attached hydrogen (secondary N) is 1. The molecule has 0 radical (unpaired) electrons. The maximum Gasteiger partial charge on any atom is 0.409 e. The van der Waals surface area contributed by atoms with Crippen LogP contribution >= 0.6 is 0 Å². The zero-order valence-corrected chi connectivity index (χ0v) is 13.7. The third-order valence-electron chi connectivity index (χ3n) is 3.63. The number of piperazine rings is 1. The van der Waals surface area contributed by atoms with Crippen LogP contribution in [0.15, 0.2) is 4.99 Å². The number of rotatable bonds is 6. The van der Waals surface area contributed by atoms with E-state index in [1.165, 1.54) is 25.7 Å². The molecule has 0 unspecified atom stereocenters. The number of ether oxygens (including phenoxy) is 1. The predicted octanol–water partition coefficient (Wildman–Crippen LogP) is 1.92. The van der Waals surface area contributed by atoms with Gasteiger partial charge < -0.3 is 19.9 Å². The largest absolute Gasteiger partial charge is 0.450 e. The number of carbonyl (C=O) groups excluding carboxylic acids is 1. The summed E-state index contributed by atoms with van der Waals surface area (Å²) in [4.78, 5) is 20.0. The quantitative estimate of drug-likeness (QED) is 0.462. The summed E-state index contributed by atoms with van der Waals surface area (Å²) in [5, 5.41) is 3.41. The monoisotopic (exact) mass is 298 g/mol. The van der Waals surface area contributed by atoms with Crippen molar-refractivity contribution >= 4 is 12.1 Å². The Kier molecular flexibility index (Phi) is 8.62. The number of nitrogens with zero attached hydrogens (tertiary/aromatic N) is 3. The van der Waals surface area contributed by atoms with Crippen LogP contribution in [0.5, 0.6) is 0 Å². The lowest BCUT2D eigenvalue weighted by molar-refractivity contribution is 0.0914. The Morgan fingerprint density at radius 3 is 2.33 bits per heavy atom. The second-order valence-electron chi connectivity index (χ2n) is 5.21. The van der Waals surface area contributed by atoms with Gasteiger partial charge in [0.05, 0.1) is 6.61 Å². The molecule has 0 bridgehead atoms. The van der Waals surface area contributed by atoms with Gasteiger partial charge in [-0.1, -0.05) is 26.2 Å². The van der Waals surface area contributed by atoms with Crippen molar-refractivity contribution in [1.29, 1.82) is 0 Å². The van der Waals surface area contributed by atoms with Gasteiger partial charge in [0.1, 0.15) is 0 Å². The molecule has 0 aliphatic carbocycles. The summed E-state index contributed by atoms with van der Waals surface area (Å²) in [6.45, 7) is 8.42. The summed E-state index contributed by atoms with van der Waals surface area (Å²) in [6.07, 6.45) is 4.77. The Morgan fingerprint density at radius 1 is 1.10 bits per heavy atom. The van der Waals surface area contributed by atoms with E-state index in [0.29, 0.717) is 19.7 Å². The highest BCUT2D eigenvalue weighted by Crippen LogP contribution is 2.04. The number of carbonyl (C=O) groups is 1. The molecule has 1 N–H and O–H groups in total. The van der Waals surface area contributed by atoms with Crippen LogP contribution in [0, 0.1) is 0 Å². The molecule has 1 aliphatic rings. The van der Waals surface area contributed by atoms with Gasteiger partial charge >= 0.3 is 6.09 Å². The molecule has 21 heavy (non-hydrogen) atoms. The standard InChI is InChI=1S/C15H30N4O2/c1-4-6-7-8-9-17-14(16-3)18-10-12-19(13-11-18)15(20)21-5-2/h4-13H2,1-3H3,(H,16,17). The van der Waals surface area contributed by atoms with Crippen molar-refractivity contribution in [2.24, 2.45) is 4.99 Å². The van der Waals surface area contributed by atoms with E-state index in [0.717, 1.165) is 25.6 Å². The van der Waals surface area contributed by atoms with E-state index in [1.807, 2.05) is 14.0 Å². The van der Waals surface area contributed by atoms with Gasteiger partial charge in [0.2, 0.25) is 0 Å². The van der Waals surface area contributed by atoms with Crippen LogP contribution in [-0.2, 0) is 4.74 Å². The van der Waals surface area contributed by atoms with Crippen LogP contribution in [0.4, 0.5) is 4.79 Å². The van der Waals surface area contributed by atoms with Gasteiger partial charge in [0.15, 0.2) is 5.96 Å². The van der Waals surface area contributed by atoms with Gasteiger partial charge in [0.25, 0.3) is 0 Å². The molecule has 1 rings (SSSR count). The maximum atomic E-state index is 11.7. The summed E-state index contributed by atoms with van der Waals surface area (Å²) in [7, 11) is 1.81. The minimum absolute atomic E-state index is 0.209. The highest BCUT2D eigenvalue weighted by molar-refractivity contribution is 5.80. The minimum atomic E-state index is -0.209. The Labute approximate surface area is 128 Å². The third-order valence-corrected chi connectivity index (χ3v) is 3.63. The highest BCUT2D eigenvalue weighted by Gasteiger charge is 2.23.